The Hall–Kier alpha value is -1.53. The van der Waals surface area contributed by atoms with Crippen molar-refractivity contribution >= 4 is 11.6 Å². The van der Waals surface area contributed by atoms with Crippen molar-refractivity contribution in [1.29, 1.82) is 0 Å². The van der Waals surface area contributed by atoms with Gasteiger partial charge in [-0.1, -0.05) is 0 Å². The molecule has 1 aliphatic carbocycles. The molecule has 2 rings (SSSR count). The van der Waals surface area contributed by atoms with E-state index in [0.29, 0.717) is 24.9 Å². The van der Waals surface area contributed by atoms with Gasteiger partial charge in [0.15, 0.2) is 0 Å². The molecule has 19 heavy (non-hydrogen) atoms. The fourth-order valence-corrected chi connectivity index (χ4v) is 1.97. The molecule has 0 aliphatic heterocycles. The van der Waals surface area contributed by atoms with Gasteiger partial charge >= 0.3 is 6.18 Å². The summed E-state index contributed by atoms with van der Waals surface area (Å²) >= 11 is 0. The molecule has 1 N–H and O–H groups in total. The molecule has 0 aromatic carbocycles. The van der Waals surface area contributed by atoms with Crippen molar-refractivity contribution < 1.29 is 13.2 Å². The largest absolute Gasteiger partial charge is 0.451 e. The van der Waals surface area contributed by atoms with Gasteiger partial charge in [0, 0.05) is 25.2 Å². The number of anilines is 2. The number of aromatic nitrogens is 2. The van der Waals surface area contributed by atoms with Gasteiger partial charge < -0.3 is 10.2 Å². The molecule has 7 heteroatoms. The fourth-order valence-electron chi connectivity index (χ4n) is 1.97. The molecule has 0 unspecified atom stereocenters. The second-order valence-corrected chi connectivity index (χ2v) is 4.48. The van der Waals surface area contributed by atoms with E-state index < -0.39 is 12.0 Å². The van der Waals surface area contributed by atoms with Crippen molar-refractivity contribution in [2.45, 2.75) is 38.9 Å². The number of hydrogen-bond acceptors (Lipinski definition) is 4. The summed E-state index contributed by atoms with van der Waals surface area (Å²) < 4.78 is 38.4. The monoisotopic (exact) mass is 274 g/mol. The lowest BCUT2D eigenvalue weighted by molar-refractivity contribution is -0.144. The molecule has 0 amide bonds. The third-order valence-corrected chi connectivity index (χ3v) is 2.95. The molecule has 106 valence electrons. The van der Waals surface area contributed by atoms with E-state index in [0.717, 1.165) is 12.8 Å². The molecule has 1 aromatic heterocycles. The Labute approximate surface area is 110 Å². The third kappa shape index (κ3) is 3.27. The number of alkyl halides is 3. The second-order valence-electron chi connectivity index (χ2n) is 4.48. The first kappa shape index (κ1) is 13.9. The lowest BCUT2D eigenvalue weighted by atomic mass is 10.4. The van der Waals surface area contributed by atoms with Gasteiger partial charge in [0.2, 0.25) is 5.82 Å². The predicted molar refractivity (Wildman–Crippen MR) is 67.2 cm³/mol. The molecule has 0 spiro atoms. The Balaban J connectivity index is 2.38. The second kappa shape index (κ2) is 5.22. The highest BCUT2D eigenvalue weighted by Crippen LogP contribution is 2.34. The molecule has 0 bridgehead atoms. The Morgan fingerprint density at radius 3 is 2.47 bits per heavy atom. The Kier molecular flexibility index (Phi) is 3.82. The molecule has 4 nitrogen and oxygen atoms in total. The van der Waals surface area contributed by atoms with Crippen molar-refractivity contribution in [2.24, 2.45) is 0 Å². The van der Waals surface area contributed by atoms with Crippen LogP contribution in [0.5, 0.6) is 0 Å². The lowest BCUT2D eigenvalue weighted by Gasteiger charge is -2.23. The average Bonchev–Trinajstić information content (AvgIpc) is 3.13. The Bertz CT molecular complexity index is 443. The minimum atomic E-state index is -4.52. The zero-order chi connectivity index (χ0) is 14.0. The zero-order valence-corrected chi connectivity index (χ0v) is 11.0. The number of rotatable bonds is 5. The summed E-state index contributed by atoms with van der Waals surface area (Å²) in [4.78, 5) is 9.09. The van der Waals surface area contributed by atoms with Gasteiger partial charge in [-0.15, -0.1) is 0 Å². The van der Waals surface area contributed by atoms with Crippen LogP contribution in [0.1, 0.15) is 32.5 Å². The maximum Gasteiger partial charge on any atom is 0.451 e. The SMILES string of the molecule is CCNc1cc(N(CC)C2CC2)nc(C(F)(F)F)n1. The lowest BCUT2D eigenvalue weighted by Crippen LogP contribution is -2.27. The topological polar surface area (TPSA) is 41.0 Å². The predicted octanol–water partition coefficient (Wildman–Crippen LogP) is 2.92. The first-order chi connectivity index (χ1) is 8.95. The Morgan fingerprint density at radius 1 is 1.32 bits per heavy atom. The molecule has 0 atom stereocenters. The van der Waals surface area contributed by atoms with Gasteiger partial charge in [-0.3, -0.25) is 0 Å². The summed E-state index contributed by atoms with van der Waals surface area (Å²) in [5.41, 5.74) is 0. The zero-order valence-electron chi connectivity index (χ0n) is 11.0. The smallest absolute Gasteiger partial charge is 0.370 e. The summed E-state index contributed by atoms with van der Waals surface area (Å²) in [6.45, 7) is 4.89. The van der Waals surface area contributed by atoms with Crippen molar-refractivity contribution in [3.8, 4) is 0 Å². The van der Waals surface area contributed by atoms with Crippen LogP contribution in [0.15, 0.2) is 6.07 Å². The first-order valence-electron chi connectivity index (χ1n) is 6.42. The number of halogens is 3. The van der Waals surface area contributed by atoms with Crippen LogP contribution in [0.2, 0.25) is 0 Å². The summed E-state index contributed by atoms with van der Waals surface area (Å²) in [6.07, 6.45) is -2.51. The van der Waals surface area contributed by atoms with E-state index in [-0.39, 0.29) is 5.82 Å². The minimum absolute atomic E-state index is 0.221. The molecule has 1 aliphatic rings. The van der Waals surface area contributed by atoms with Crippen LogP contribution < -0.4 is 10.2 Å². The molecular formula is C12H17F3N4. The van der Waals surface area contributed by atoms with Crippen LogP contribution in [-0.4, -0.2) is 29.1 Å². The van der Waals surface area contributed by atoms with Gasteiger partial charge in [-0.05, 0) is 26.7 Å². The van der Waals surface area contributed by atoms with E-state index in [9.17, 15) is 13.2 Å². The minimum Gasteiger partial charge on any atom is -0.370 e. The average molecular weight is 274 g/mol. The van der Waals surface area contributed by atoms with Gasteiger partial charge in [0.05, 0.1) is 0 Å². The van der Waals surface area contributed by atoms with Crippen molar-refractivity contribution in [3.05, 3.63) is 11.9 Å². The van der Waals surface area contributed by atoms with Gasteiger partial charge in [0.1, 0.15) is 11.6 Å². The number of nitrogens with zero attached hydrogens (tertiary/aromatic N) is 3. The number of nitrogens with one attached hydrogen (secondary N) is 1. The van der Waals surface area contributed by atoms with Gasteiger partial charge in [-0.25, -0.2) is 9.97 Å². The normalized spacial score (nSPS) is 15.4. The highest BCUT2D eigenvalue weighted by molar-refractivity contribution is 5.51. The maximum atomic E-state index is 12.8. The van der Waals surface area contributed by atoms with Crippen LogP contribution in [0.3, 0.4) is 0 Å². The van der Waals surface area contributed by atoms with E-state index in [4.69, 9.17) is 0 Å². The number of hydrogen-bond donors (Lipinski definition) is 1. The van der Waals surface area contributed by atoms with Crippen LogP contribution in [0, 0.1) is 0 Å². The highest BCUT2D eigenvalue weighted by atomic mass is 19.4. The maximum absolute atomic E-state index is 12.8. The summed E-state index contributed by atoms with van der Waals surface area (Å²) in [6, 6.07) is 1.90. The van der Waals surface area contributed by atoms with Crippen LogP contribution in [0.25, 0.3) is 0 Å². The Morgan fingerprint density at radius 2 is 2.00 bits per heavy atom. The van der Waals surface area contributed by atoms with Gasteiger partial charge in [-0.2, -0.15) is 13.2 Å². The highest BCUT2D eigenvalue weighted by Gasteiger charge is 2.37. The van der Waals surface area contributed by atoms with E-state index in [1.54, 1.807) is 6.07 Å². The van der Waals surface area contributed by atoms with Crippen LogP contribution in [0.4, 0.5) is 24.8 Å². The van der Waals surface area contributed by atoms with E-state index in [2.05, 4.69) is 15.3 Å². The molecule has 1 aromatic rings. The quantitative estimate of drug-likeness (QED) is 0.896. The standard InChI is InChI=1S/C12H17F3N4/c1-3-16-9-7-10(19(4-2)8-5-6-8)18-11(17-9)12(13,14)15/h7-8H,3-6H2,1-2H3,(H,16,17,18). The van der Waals surface area contributed by atoms with Crippen molar-refractivity contribution in [1.82, 2.24) is 9.97 Å². The fraction of sp³-hybridized carbons (Fsp3) is 0.667. The van der Waals surface area contributed by atoms with E-state index in [1.807, 2.05) is 18.7 Å². The molecule has 0 radical (unpaired) electrons. The molecule has 1 heterocycles. The van der Waals surface area contributed by atoms with E-state index >= 15 is 0 Å². The molecular weight excluding hydrogens is 257 g/mol. The van der Waals surface area contributed by atoms with Crippen molar-refractivity contribution in [3.63, 3.8) is 0 Å². The summed E-state index contributed by atoms with van der Waals surface area (Å²) in [5, 5.41) is 2.82. The van der Waals surface area contributed by atoms with Crippen molar-refractivity contribution in [2.75, 3.05) is 23.3 Å². The van der Waals surface area contributed by atoms with E-state index in [1.165, 1.54) is 0 Å². The summed E-state index contributed by atoms with van der Waals surface area (Å²) in [7, 11) is 0. The first-order valence-corrected chi connectivity index (χ1v) is 6.42. The van der Waals surface area contributed by atoms with Crippen LogP contribution >= 0.6 is 0 Å². The third-order valence-electron chi connectivity index (χ3n) is 2.95. The molecule has 0 saturated heterocycles. The van der Waals surface area contributed by atoms with Gasteiger partial charge in [0.25, 0.3) is 0 Å². The summed E-state index contributed by atoms with van der Waals surface area (Å²) in [5.74, 6) is -0.512. The van der Waals surface area contributed by atoms with Crippen LogP contribution in [-0.2, 0) is 6.18 Å². The molecule has 1 fully saturated rings. The molecule has 1 saturated carbocycles.